The van der Waals surface area contributed by atoms with Gasteiger partial charge in [0, 0.05) is 11.8 Å². The second kappa shape index (κ2) is 4.70. The van der Waals surface area contributed by atoms with Crippen molar-refractivity contribution in [1.82, 2.24) is 0 Å². The summed E-state index contributed by atoms with van der Waals surface area (Å²) >= 11 is 0. The van der Waals surface area contributed by atoms with Gasteiger partial charge in [0.25, 0.3) is 0 Å². The Morgan fingerprint density at radius 2 is 2.25 bits per heavy atom. The molecule has 0 radical (unpaired) electrons. The van der Waals surface area contributed by atoms with Crippen molar-refractivity contribution >= 4 is 13.5 Å². The molecule has 0 aromatic heterocycles. The second-order valence-electron chi connectivity index (χ2n) is 2.77. The highest BCUT2D eigenvalue weighted by Gasteiger charge is 1.92. The molecule has 2 N–H and O–H groups in total. The fourth-order valence-electron chi connectivity index (χ4n) is 0.939. The largest absolute Gasteiger partial charge is 0.494 e. The maximum absolute atomic E-state index is 5.58. The molecule has 0 fully saturated rings. The number of ether oxygens (including phenoxy) is 1. The minimum atomic E-state index is 0.754. The summed E-state index contributed by atoms with van der Waals surface area (Å²) in [6, 6.07) is 7.52. The number of nitrogen functional groups attached to an aromatic ring is 1. The van der Waals surface area contributed by atoms with Gasteiger partial charge in [-0.1, -0.05) is 12.4 Å². The topological polar surface area (TPSA) is 35.2 Å². The summed E-state index contributed by atoms with van der Waals surface area (Å²) in [4.78, 5) is 0. The molecule has 0 aliphatic rings. The van der Waals surface area contributed by atoms with Crippen LogP contribution in [0.2, 0.25) is 6.32 Å². The first-order valence-corrected chi connectivity index (χ1v) is 4.31. The molecule has 0 aliphatic carbocycles. The lowest BCUT2D eigenvalue weighted by Crippen LogP contribution is -1.97. The van der Waals surface area contributed by atoms with Gasteiger partial charge in [-0.2, -0.15) is 0 Å². The molecule has 3 heteroatoms. The van der Waals surface area contributed by atoms with Crippen LogP contribution >= 0.6 is 0 Å². The molecule has 0 atom stereocenters. The highest BCUT2D eigenvalue weighted by Crippen LogP contribution is 2.14. The van der Waals surface area contributed by atoms with Crippen LogP contribution in [-0.2, 0) is 0 Å². The number of hydrogen-bond donors (Lipinski definition) is 1. The van der Waals surface area contributed by atoms with Crippen LogP contribution in [0.5, 0.6) is 5.75 Å². The Hall–Kier alpha value is -1.12. The normalized spacial score (nSPS) is 9.67. The van der Waals surface area contributed by atoms with Gasteiger partial charge in [0.15, 0.2) is 0 Å². The van der Waals surface area contributed by atoms with Crippen molar-refractivity contribution in [2.75, 3.05) is 12.3 Å². The Labute approximate surface area is 74.1 Å². The number of nitrogens with two attached hydrogens (primary N) is 1. The molecule has 0 saturated heterocycles. The number of benzene rings is 1. The molecular weight excluding hydrogens is 149 g/mol. The lowest BCUT2D eigenvalue weighted by molar-refractivity contribution is 0.317. The van der Waals surface area contributed by atoms with E-state index in [1.807, 2.05) is 24.3 Å². The third kappa shape index (κ3) is 2.87. The average Bonchev–Trinajstić information content (AvgIpc) is 2.05. The Balaban J connectivity index is 2.41. The van der Waals surface area contributed by atoms with Crippen molar-refractivity contribution in [3.05, 3.63) is 24.3 Å². The van der Waals surface area contributed by atoms with Crippen LogP contribution in [0.15, 0.2) is 24.3 Å². The van der Waals surface area contributed by atoms with E-state index in [1.165, 1.54) is 0 Å². The van der Waals surface area contributed by atoms with Crippen LogP contribution in [0.3, 0.4) is 0 Å². The van der Waals surface area contributed by atoms with E-state index in [-0.39, 0.29) is 0 Å². The van der Waals surface area contributed by atoms with Crippen LogP contribution in [0.4, 0.5) is 5.69 Å². The molecule has 2 nitrogen and oxygen atoms in total. The second-order valence-corrected chi connectivity index (χ2v) is 2.77. The molecule has 0 spiro atoms. The Kier molecular flexibility index (Phi) is 3.52. The number of rotatable bonds is 4. The van der Waals surface area contributed by atoms with Crippen LogP contribution in [-0.4, -0.2) is 14.5 Å². The highest BCUT2D eigenvalue weighted by atomic mass is 16.5. The first-order valence-electron chi connectivity index (χ1n) is 4.31. The summed E-state index contributed by atoms with van der Waals surface area (Å²) in [5, 5.41) is 0. The fourth-order valence-corrected chi connectivity index (χ4v) is 0.939. The molecular formula is C9H14BNO. The van der Waals surface area contributed by atoms with E-state index < -0.39 is 0 Å². The predicted octanol–water partition coefficient (Wildman–Crippen LogP) is 1.09. The van der Waals surface area contributed by atoms with E-state index in [2.05, 4.69) is 7.85 Å². The monoisotopic (exact) mass is 163 g/mol. The molecule has 0 saturated carbocycles. The van der Waals surface area contributed by atoms with Gasteiger partial charge in [0.1, 0.15) is 13.6 Å². The van der Waals surface area contributed by atoms with Crippen molar-refractivity contribution in [2.45, 2.75) is 12.7 Å². The van der Waals surface area contributed by atoms with Crippen molar-refractivity contribution < 1.29 is 4.74 Å². The molecule has 0 unspecified atom stereocenters. The van der Waals surface area contributed by atoms with Gasteiger partial charge in [0.2, 0.25) is 0 Å². The Morgan fingerprint density at radius 1 is 1.42 bits per heavy atom. The van der Waals surface area contributed by atoms with Crippen molar-refractivity contribution in [3.63, 3.8) is 0 Å². The minimum absolute atomic E-state index is 0.754. The third-order valence-corrected chi connectivity index (χ3v) is 1.62. The van der Waals surface area contributed by atoms with E-state index in [4.69, 9.17) is 10.5 Å². The molecule has 1 rings (SSSR count). The molecule has 0 amide bonds. The van der Waals surface area contributed by atoms with Crippen molar-refractivity contribution in [3.8, 4) is 5.75 Å². The minimum Gasteiger partial charge on any atom is -0.494 e. The van der Waals surface area contributed by atoms with Gasteiger partial charge >= 0.3 is 0 Å². The third-order valence-electron chi connectivity index (χ3n) is 1.62. The van der Waals surface area contributed by atoms with Crippen LogP contribution in [0, 0.1) is 0 Å². The van der Waals surface area contributed by atoms with Crippen molar-refractivity contribution in [1.29, 1.82) is 0 Å². The molecule has 64 valence electrons. The van der Waals surface area contributed by atoms with E-state index in [9.17, 15) is 0 Å². The summed E-state index contributed by atoms with van der Waals surface area (Å²) in [6.45, 7) is 0.778. The first kappa shape index (κ1) is 8.98. The summed E-state index contributed by atoms with van der Waals surface area (Å²) < 4.78 is 5.45. The van der Waals surface area contributed by atoms with E-state index in [1.54, 1.807) is 0 Å². The van der Waals surface area contributed by atoms with Gasteiger partial charge in [-0.25, -0.2) is 0 Å². The van der Waals surface area contributed by atoms with Crippen molar-refractivity contribution in [2.24, 2.45) is 0 Å². The molecule has 1 aromatic carbocycles. The standard InChI is InChI=1S/C9H14BNO/c10-5-2-6-12-9-4-1-3-8(11)7-9/h1,3-4,7H,2,5-6,10-11H2. The summed E-state index contributed by atoms with van der Waals surface area (Å²) in [6.07, 6.45) is 2.25. The highest BCUT2D eigenvalue weighted by molar-refractivity contribution is 6.08. The summed E-state index contributed by atoms with van der Waals surface area (Å²) in [5.74, 6) is 0.864. The number of anilines is 1. The first-order chi connectivity index (χ1) is 5.83. The maximum atomic E-state index is 5.58. The van der Waals surface area contributed by atoms with Gasteiger partial charge in [0.05, 0.1) is 6.61 Å². The van der Waals surface area contributed by atoms with E-state index >= 15 is 0 Å². The van der Waals surface area contributed by atoms with Gasteiger partial charge in [-0.05, 0) is 18.6 Å². The quantitative estimate of drug-likeness (QED) is 0.409. The molecule has 0 heterocycles. The van der Waals surface area contributed by atoms with Gasteiger partial charge in [-0.15, -0.1) is 0 Å². The zero-order valence-electron chi connectivity index (χ0n) is 7.42. The zero-order valence-corrected chi connectivity index (χ0v) is 7.42. The van der Waals surface area contributed by atoms with Gasteiger partial charge in [-0.3, -0.25) is 0 Å². The molecule has 12 heavy (non-hydrogen) atoms. The van der Waals surface area contributed by atoms with Crippen LogP contribution < -0.4 is 10.5 Å². The molecule has 0 aliphatic heterocycles. The lowest BCUT2D eigenvalue weighted by atomic mass is 10.0. The summed E-state index contributed by atoms with van der Waals surface area (Å²) in [7, 11) is 2.14. The predicted molar refractivity (Wildman–Crippen MR) is 54.3 cm³/mol. The average molecular weight is 163 g/mol. The number of hydrogen-bond acceptors (Lipinski definition) is 2. The fraction of sp³-hybridized carbons (Fsp3) is 0.333. The summed E-state index contributed by atoms with van der Waals surface area (Å²) in [5.41, 5.74) is 6.34. The van der Waals surface area contributed by atoms with Crippen LogP contribution in [0.1, 0.15) is 6.42 Å². The SMILES string of the molecule is BCCCOc1cccc(N)c1. The maximum Gasteiger partial charge on any atom is 0.121 e. The van der Waals surface area contributed by atoms with Gasteiger partial charge < -0.3 is 10.5 Å². The molecule has 0 bridgehead atoms. The zero-order chi connectivity index (χ0) is 8.81. The Morgan fingerprint density at radius 3 is 2.92 bits per heavy atom. The lowest BCUT2D eigenvalue weighted by Gasteiger charge is -2.04. The Bertz CT molecular complexity index is 240. The smallest absolute Gasteiger partial charge is 0.121 e. The molecule has 1 aromatic rings. The van der Waals surface area contributed by atoms with Crippen LogP contribution in [0.25, 0.3) is 0 Å². The van der Waals surface area contributed by atoms with E-state index in [0.29, 0.717) is 0 Å². The van der Waals surface area contributed by atoms with E-state index in [0.717, 1.165) is 30.8 Å².